The first kappa shape index (κ1) is 14.8. The Bertz CT molecular complexity index is 685. The summed E-state index contributed by atoms with van der Waals surface area (Å²) in [6.07, 6.45) is 4.02. The second kappa shape index (κ2) is 6.05. The lowest BCUT2D eigenvalue weighted by Gasteiger charge is -2.41. The molecule has 0 saturated carbocycles. The number of piperazine rings is 1. The highest BCUT2D eigenvalue weighted by atomic mass is 16.5. The summed E-state index contributed by atoms with van der Waals surface area (Å²) in [6, 6.07) is 0.694. The molecule has 0 bridgehead atoms. The van der Waals surface area contributed by atoms with E-state index in [-0.39, 0.29) is 0 Å². The van der Waals surface area contributed by atoms with Gasteiger partial charge in [0.05, 0.1) is 11.4 Å². The molecule has 4 heterocycles. The van der Waals surface area contributed by atoms with E-state index in [9.17, 15) is 0 Å². The van der Waals surface area contributed by atoms with Crippen molar-refractivity contribution in [2.24, 2.45) is 0 Å². The monoisotopic (exact) mass is 316 g/mol. The minimum absolute atomic E-state index is 0.694. The van der Waals surface area contributed by atoms with Gasteiger partial charge in [0.1, 0.15) is 6.33 Å². The summed E-state index contributed by atoms with van der Waals surface area (Å²) in [4.78, 5) is 5.08. The SMILES string of the molecule is Cc1nn2cnnc2c(N2CCN(C3CCOCC3)CC2)c1C. The first-order chi connectivity index (χ1) is 11.2. The number of nitrogens with zero attached hydrogens (tertiary/aromatic N) is 6. The van der Waals surface area contributed by atoms with E-state index in [4.69, 9.17) is 4.74 Å². The standard InChI is InChI=1S/C16H24N6O/c1-12-13(2)19-22-11-17-18-16(22)15(12)21-7-5-20(6-8-21)14-3-9-23-10-4-14/h11,14H,3-10H2,1-2H3. The lowest BCUT2D eigenvalue weighted by molar-refractivity contribution is 0.0321. The summed E-state index contributed by atoms with van der Waals surface area (Å²) in [6.45, 7) is 10.3. The molecule has 124 valence electrons. The smallest absolute Gasteiger partial charge is 0.201 e. The van der Waals surface area contributed by atoms with E-state index in [0.717, 1.165) is 50.7 Å². The third-order valence-corrected chi connectivity index (χ3v) is 5.24. The van der Waals surface area contributed by atoms with Gasteiger partial charge >= 0.3 is 0 Å². The molecule has 2 aromatic heterocycles. The highest BCUT2D eigenvalue weighted by molar-refractivity contribution is 5.72. The van der Waals surface area contributed by atoms with Gasteiger partial charge in [0.15, 0.2) is 0 Å². The summed E-state index contributed by atoms with van der Waals surface area (Å²) < 4.78 is 7.28. The van der Waals surface area contributed by atoms with Gasteiger partial charge in [-0.25, -0.2) is 0 Å². The zero-order valence-corrected chi connectivity index (χ0v) is 13.9. The number of fused-ring (bicyclic) bond motifs is 1. The third kappa shape index (κ3) is 2.68. The number of aromatic nitrogens is 4. The summed E-state index contributed by atoms with van der Waals surface area (Å²) in [5.41, 5.74) is 4.32. The Morgan fingerprint density at radius 3 is 2.57 bits per heavy atom. The van der Waals surface area contributed by atoms with Gasteiger partial charge in [0, 0.05) is 45.4 Å². The molecule has 0 aromatic carbocycles. The number of aryl methyl sites for hydroxylation is 1. The van der Waals surface area contributed by atoms with E-state index in [1.165, 1.54) is 24.1 Å². The minimum atomic E-state index is 0.694. The molecule has 2 aliphatic heterocycles. The van der Waals surface area contributed by atoms with Crippen molar-refractivity contribution in [1.82, 2.24) is 24.7 Å². The molecule has 2 aliphatic rings. The second-order valence-corrected chi connectivity index (χ2v) is 6.52. The molecule has 0 spiro atoms. The minimum Gasteiger partial charge on any atom is -0.381 e. The van der Waals surface area contributed by atoms with E-state index >= 15 is 0 Å². The molecular formula is C16H24N6O. The van der Waals surface area contributed by atoms with Crippen molar-refractivity contribution in [3.63, 3.8) is 0 Å². The summed E-state index contributed by atoms with van der Waals surface area (Å²) in [7, 11) is 0. The molecule has 0 amide bonds. The number of ether oxygens (including phenoxy) is 1. The molecular weight excluding hydrogens is 292 g/mol. The third-order valence-electron chi connectivity index (χ3n) is 5.24. The number of rotatable bonds is 2. The van der Waals surface area contributed by atoms with Crippen LogP contribution in [0.25, 0.3) is 5.65 Å². The van der Waals surface area contributed by atoms with Crippen molar-refractivity contribution in [2.75, 3.05) is 44.3 Å². The van der Waals surface area contributed by atoms with Gasteiger partial charge in [-0.1, -0.05) is 0 Å². The summed E-state index contributed by atoms with van der Waals surface area (Å²) in [5, 5.41) is 12.8. The van der Waals surface area contributed by atoms with Gasteiger partial charge in [-0.3, -0.25) is 4.90 Å². The lowest BCUT2D eigenvalue weighted by atomic mass is 10.1. The van der Waals surface area contributed by atoms with E-state index in [0.29, 0.717) is 6.04 Å². The second-order valence-electron chi connectivity index (χ2n) is 6.52. The van der Waals surface area contributed by atoms with Crippen LogP contribution in [0.3, 0.4) is 0 Å². The molecule has 0 aliphatic carbocycles. The topological polar surface area (TPSA) is 58.8 Å². The van der Waals surface area contributed by atoms with Crippen LogP contribution in [0.4, 0.5) is 5.69 Å². The molecule has 2 saturated heterocycles. The molecule has 7 nitrogen and oxygen atoms in total. The maximum absolute atomic E-state index is 5.49. The number of hydrogen-bond acceptors (Lipinski definition) is 6. The Morgan fingerprint density at radius 1 is 1.09 bits per heavy atom. The number of anilines is 1. The normalized spacial score (nSPS) is 21.2. The molecule has 0 radical (unpaired) electrons. The molecule has 0 N–H and O–H groups in total. The maximum atomic E-state index is 5.49. The largest absolute Gasteiger partial charge is 0.381 e. The highest BCUT2D eigenvalue weighted by Gasteiger charge is 2.27. The van der Waals surface area contributed by atoms with E-state index in [1.807, 2.05) is 0 Å². The Labute approximate surface area is 136 Å². The van der Waals surface area contributed by atoms with Crippen LogP contribution in [0, 0.1) is 13.8 Å². The Morgan fingerprint density at radius 2 is 1.83 bits per heavy atom. The summed E-state index contributed by atoms with van der Waals surface area (Å²) in [5.74, 6) is 0. The fourth-order valence-electron chi connectivity index (χ4n) is 3.77. The number of hydrogen-bond donors (Lipinski definition) is 0. The van der Waals surface area contributed by atoms with E-state index in [2.05, 4.69) is 38.9 Å². The van der Waals surface area contributed by atoms with Gasteiger partial charge in [0.2, 0.25) is 5.65 Å². The first-order valence-electron chi connectivity index (χ1n) is 8.48. The van der Waals surface area contributed by atoms with Crippen molar-refractivity contribution in [3.05, 3.63) is 17.6 Å². The van der Waals surface area contributed by atoms with Gasteiger partial charge < -0.3 is 9.64 Å². The molecule has 2 aromatic rings. The predicted octanol–water partition coefficient (Wildman–Crippen LogP) is 1.04. The van der Waals surface area contributed by atoms with E-state index < -0.39 is 0 Å². The quantitative estimate of drug-likeness (QED) is 0.825. The van der Waals surface area contributed by atoms with Gasteiger partial charge in [-0.15, -0.1) is 10.2 Å². The Kier molecular flexibility index (Phi) is 3.90. The molecule has 0 atom stereocenters. The lowest BCUT2D eigenvalue weighted by Crippen LogP contribution is -2.52. The zero-order chi connectivity index (χ0) is 15.8. The Hall–Kier alpha value is -1.73. The fourth-order valence-corrected chi connectivity index (χ4v) is 3.77. The predicted molar refractivity (Wildman–Crippen MR) is 87.9 cm³/mol. The van der Waals surface area contributed by atoms with Gasteiger partial charge in [-0.05, 0) is 32.3 Å². The zero-order valence-electron chi connectivity index (χ0n) is 13.9. The molecule has 23 heavy (non-hydrogen) atoms. The van der Waals surface area contributed by atoms with Crippen molar-refractivity contribution in [1.29, 1.82) is 0 Å². The molecule has 0 unspecified atom stereocenters. The summed E-state index contributed by atoms with van der Waals surface area (Å²) >= 11 is 0. The van der Waals surface area contributed by atoms with Gasteiger partial charge in [-0.2, -0.15) is 9.61 Å². The van der Waals surface area contributed by atoms with Gasteiger partial charge in [0.25, 0.3) is 0 Å². The average Bonchev–Trinajstić information content (AvgIpc) is 3.05. The maximum Gasteiger partial charge on any atom is 0.201 e. The highest BCUT2D eigenvalue weighted by Crippen LogP contribution is 2.28. The van der Waals surface area contributed by atoms with Crippen LogP contribution in [-0.2, 0) is 4.74 Å². The Balaban J connectivity index is 1.54. The van der Waals surface area contributed by atoms with Crippen LogP contribution in [0.5, 0.6) is 0 Å². The van der Waals surface area contributed by atoms with Crippen molar-refractivity contribution in [3.8, 4) is 0 Å². The van der Waals surface area contributed by atoms with Crippen LogP contribution in [-0.4, -0.2) is 70.1 Å². The van der Waals surface area contributed by atoms with Crippen LogP contribution in [0.2, 0.25) is 0 Å². The van der Waals surface area contributed by atoms with Crippen LogP contribution >= 0.6 is 0 Å². The molecule has 7 heteroatoms. The van der Waals surface area contributed by atoms with Crippen molar-refractivity contribution >= 4 is 11.3 Å². The van der Waals surface area contributed by atoms with Crippen LogP contribution in [0.1, 0.15) is 24.1 Å². The molecule has 2 fully saturated rings. The fraction of sp³-hybridized carbons (Fsp3) is 0.688. The van der Waals surface area contributed by atoms with Crippen molar-refractivity contribution < 1.29 is 4.74 Å². The van der Waals surface area contributed by atoms with Crippen LogP contribution in [0.15, 0.2) is 6.33 Å². The average molecular weight is 316 g/mol. The first-order valence-corrected chi connectivity index (χ1v) is 8.48. The molecule has 4 rings (SSSR count). The van der Waals surface area contributed by atoms with E-state index in [1.54, 1.807) is 10.8 Å². The van der Waals surface area contributed by atoms with Crippen molar-refractivity contribution in [2.45, 2.75) is 32.7 Å². The van der Waals surface area contributed by atoms with Crippen LogP contribution < -0.4 is 4.90 Å².